The topological polar surface area (TPSA) is 66.8 Å². The number of rotatable bonds is 4. The summed E-state index contributed by atoms with van der Waals surface area (Å²) in [6, 6.07) is 0. The highest BCUT2D eigenvalue weighted by Gasteiger charge is 2.48. The Bertz CT molecular complexity index is 271. The first-order chi connectivity index (χ1) is 8.13. The third kappa shape index (κ3) is 2.47. The molecule has 1 spiro atoms. The fourth-order valence-electron chi connectivity index (χ4n) is 3.47. The minimum Gasteiger partial charge on any atom is -0.479 e. The standard InChI is InChI=1S/C13H22O4/c14-9-10-17-13(11(15)16)7-5-12(6-8-13)3-1-2-4-12/h14H,1-10H2,(H,15,16). The summed E-state index contributed by atoms with van der Waals surface area (Å²) in [4.78, 5) is 11.4. The van der Waals surface area contributed by atoms with E-state index in [1.54, 1.807) is 0 Å². The van der Waals surface area contributed by atoms with Crippen molar-refractivity contribution in [3.05, 3.63) is 0 Å². The van der Waals surface area contributed by atoms with Crippen LogP contribution in [0.4, 0.5) is 0 Å². The number of aliphatic carboxylic acids is 1. The molecule has 0 aromatic carbocycles. The number of carboxylic acids is 1. The van der Waals surface area contributed by atoms with Crippen LogP contribution in [0.25, 0.3) is 0 Å². The second-order valence-electron chi connectivity index (χ2n) is 5.58. The predicted molar refractivity (Wildman–Crippen MR) is 62.8 cm³/mol. The molecule has 17 heavy (non-hydrogen) atoms. The summed E-state index contributed by atoms with van der Waals surface area (Å²) < 4.78 is 5.43. The van der Waals surface area contributed by atoms with Crippen molar-refractivity contribution in [1.29, 1.82) is 0 Å². The van der Waals surface area contributed by atoms with Crippen molar-refractivity contribution in [3.63, 3.8) is 0 Å². The van der Waals surface area contributed by atoms with E-state index in [1.165, 1.54) is 25.7 Å². The highest BCUT2D eigenvalue weighted by Crippen LogP contribution is 2.52. The lowest BCUT2D eigenvalue weighted by atomic mass is 9.67. The number of aliphatic hydroxyl groups is 1. The quantitative estimate of drug-likeness (QED) is 0.790. The molecule has 0 heterocycles. The van der Waals surface area contributed by atoms with E-state index >= 15 is 0 Å². The Kier molecular flexibility index (Phi) is 3.73. The molecular weight excluding hydrogens is 220 g/mol. The molecule has 0 unspecified atom stereocenters. The van der Waals surface area contributed by atoms with Crippen LogP contribution in [-0.2, 0) is 9.53 Å². The molecule has 2 rings (SSSR count). The van der Waals surface area contributed by atoms with E-state index < -0.39 is 11.6 Å². The lowest BCUT2D eigenvalue weighted by Crippen LogP contribution is -2.47. The zero-order valence-electron chi connectivity index (χ0n) is 10.3. The van der Waals surface area contributed by atoms with Crippen LogP contribution >= 0.6 is 0 Å². The smallest absolute Gasteiger partial charge is 0.335 e. The van der Waals surface area contributed by atoms with Gasteiger partial charge in [0.05, 0.1) is 13.2 Å². The number of hydrogen-bond acceptors (Lipinski definition) is 3. The average molecular weight is 242 g/mol. The highest BCUT2D eigenvalue weighted by atomic mass is 16.5. The first-order valence-electron chi connectivity index (χ1n) is 6.61. The lowest BCUT2D eigenvalue weighted by Gasteiger charge is -2.42. The summed E-state index contributed by atoms with van der Waals surface area (Å²) in [5.41, 5.74) is -0.627. The van der Waals surface area contributed by atoms with Gasteiger partial charge < -0.3 is 14.9 Å². The molecular formula is C13H22O4. The van der Waals surface area contributed by atoms with Crippen molar-refractivity contribution in [2.75, 3.05) is 13.2 Å². The van der Waals surface area contributed by atoms with Crippen molar-refractivity contribution in [2.45, 2.75) is 57.0 Å². The van der Waals surface area contributed by atoms with Gasteiger partial charge in [-0.05, 0) is 43.9 Å². The minimum absolute atomic E-state index is 0.111. The van der Waals surface area contributed by atoms with E-state index in [2.05, 4.69) is 0 Å². The van der Waals surface area contributed by atoms with Gasteiger partial charge in [0.15, 0.2) is 5.60 Å². The van der Waals surface area contributed by atoms with Crippen LogP contribution in [0, 0.1) is 5.41 Å². The van der Waals surface area contributed by atoms with Gasteiger partial charge in [0.2, 0.25) is 0 Å². The van der Waals surface area contributed by atoms with E-state index in [4.69, 9.17) is 9.84 Å². The highest BCUT2D eigenvalue weighted by molar-refractivity contribution is 5.77. The van der Waals surface area contributed by atoms with E-state index in [-0.39, 0.29) is 13.2 Å². The summed E-state index contributed by atoms with van der Waals surface area (Å²) >= 11 is 0. The monoisotopic (exact) mass is 242 g/mol. The molecule has 2 fully saturated rings. The molecule has 0 bridgehead atoms. The summed E-state index contributed by atoms with van der Waals surface area (Å²) in [7, 11) is 0. The zero-order valence-corrected chi connectivity index (χ0v) is 10.3. The maximum atomic E-state index is 11.4. The van der Waals surface area contributed by atoms with Crippen LogP contribution in [0.3, 0.4) is 0 Å². The van der Waals surface area contributed by atoms with Crippen molar-refractivity contribution >= 4 is 5.97 Å². The van der Waals surface area contributed by atoms with Gasteiger partial charge in [-0.25, -0.2) is 4.79 Å². The Morgan fingerprint density at radius 2 is 1.65 bits per heavy atom. The lowest BCUT2D eigenvalue weighted by molar-refractivity contribution is -0.176. The van der Waals surface area contributed by atoms with Gasteiger partial charge in [-0.2, -0.15) is 0 Å². The van der Waals surface area contributed by atoms with Crippen LogP contribution in [0.15, 0.2) is 0 Å². The van der Waals surface area contributed by atoms with Crippen LogP contribution in [0.1, 0.15) is 51.4 Å². The molecule has 0 radical (unpaired) electrons. The Hall–Kier alpha value is -0.610. The minimum atomic E-state index is -1.03. The molecule has 0 aromatic heterocycles. The van der Waals surface area contributed by atoms with E-state index in [0.29, 0.717) is 18.3 Å². The van der Waals surface area contributed by atoms with Crippen molar-refractivity contribution in [1.82, 2.24) is 0 Å². The first kappa shape index (κ1) is 12.8. The third-order valence-corrected chi connectivity index (χ3v) is 4.64. The van der Waals surface area contributed by atoms with Gasteiger partial charge in [0.25, 0.3) is 0 Å². The molecule has 0 amide bonds. The zero-order chi connectivity index (χ0) is 12.4. The SMILES string of the molecule is O=C(O)C1(OCCO)CCC2(CCCC2)CC1. The van der Waals surface area contributed by atoms with Crippen molar-refractivity contribution in [2.24, 2.45) is 5.41 Å². The molecule has 2 N–H and O–H groups in total. The summed E-state index contributed by atoms with van der Waals surface area (Å²) in [5.74, 6) is -0.862. The van der Waals surface area contributed by atoms with Crippen molar-refractivity contribution in [3.8, 4) is 0 Å². The molecule has 4 nitrogen and oxygen atoms in total. The third-order valence-electron chi connectivity index (χ3n) is 4.64. The first-order valence-corrected chi connectivity index (χ1v) is 6.61. The summed E-state index contributed by atoms with van der Waals surface area (Å²) in [5, 5.41) is 18.1. The maximum Gasteiger partial charge on any atom is 0.335 e. The average Bonchev–Trinajstić information content (AvgIpc) is 2.77. The fraction of sp³-hybridized carbons (Fsp3) is 0.923. The Morgan fingerprint density at radius 3 is 2.12 bits per heavy atom. The Balaban J connectivity index is 1.99. The molecule has 0 saturated heterocycles. The van der Waals surface area contributed by atoms with Gasteiger partial charge in [0.1, 0.15) is 0 Å². The van der Waals surface area contributed by atoms with Crippen LogP contribution in [0.2, 0.25) is 0 Å². The number of carbonyl (C=O) groups is 1. The number of carboxylic acid groups (broad SMARTS) is 1. The number of ether oxygens (including phenoxy) is 1. The van der Waals surface area contributed by atoms with Crippen LogP contribution in [0.5, 0.6) is 0 Å². The Labute approximate surface area is 102 Å². The van der Waals surface area contributed by atoms with E-state index in [0.717, 1.165) is 12.8 Å². The second kappa shape index (κ2) is 4.94. The fourth-order valence-corrected chi connectivity index (χ4v) is 3.47. The molecule has 2 aliphatic carbocycles. The molecule has 2 saturated carbocycles. The van der Waals surface area contributed by atoms with Crippen LogP contribution < -0.4 is 0 Å². The molecule has 2 aliphatic rings. The normalized spacial score (nSPS) is 26.2. The van der Waals surface area contributed by atoms with Gasteiger partial charge in [0, 0.05) is 0 Å². The predicted octanol–water partition coefficient (Wildman–Crippen LogP) is 1.95. The summed E-state index contributed by atoms with van der Waals surface area (Å²) in [6.45, 7) is 0.0134. The van der Waals surface area contributed by atoms with Crippen molar-refractivity contribution < 1.29 is 19.7 Å². The molecule has 0 aromatic rings. The second-order valence-corrected chi connectivity index (χ2v) is 5.58. The van der Waals surface area contributed by atoms with Gasteiger partial charge in [-0.15, -0.1) is 0 Å². The molecule has 0 atom stereocenters. The Morgan fingerprint density at radius 1 is 1.06 bits per heavy atom. The van der Waals surface area contributed by atoms with Gasteiger partial charge in [-0.3, -0.25) is 0 Å². The molecule has 4 heteroatoms. The van der Waals surface area contributed by atoms with Gasteiger partial charge in [-0.1, -0.05) is 12.8 Å². The summed E-state index contributed by atoms with van der Waals surface area (Å²) in [6.07, 6.45) is 8.21. The largest absolute Gasteiger partial charge is 0.479 e. The van der Waals surface area contributed by atoms with E-state index in [9.17, 15) is 9.90 Å². The number of hydrogen-bond donors (Lipinski definition) is 2. The van der Waals surface area contributed by atoms with Crippen LogP contribution in [-0.4, -0.2) is 35.0 Å². The van der Waals surface area contributed by atoms with E-state index in [1.807, 2.05) is 0 Å². The maximum absolute atomic E-state index is 11.4. The number of aliphatic hydroxyl groups excluding tert-OH is 1. The van der Waals surface area contributed by atoms with Gasteiger partial charge >= 0.3 is 5.97 Å². The molecule has 0 aliphatic heterocycles. The molecule has 98 valence electrons.